The standard InChI is InChI=1S/C40H53N3O4/c1-27-15-28(2)17-30(16-27)18-34-20-31(26-43-39(34)41)19-33-21-37(46)38(47-5)22-32(33)10-11-36(45)23-35(44)9-8-14-40(12-6-7-13-40)24-29(3)25-42-4/h10-11,15-17,20-22,26,29,42,46H,6-9,12-14,18-19,23-25H2,1-5H3,(H2,41,43). The fourth-order valence-corrected chi connectivity index (χ4v) is 7.54. The Kier molecular flexibility index (Phi) is 12.8. The van der Waals surface area contributed by atoms with Gasteiger partial charge in [-0.25, -0.2) is 4.98 Å². The van der Waals surface area contributed by atoms with Crippen LogP contribution >= 0.6 is 0 Å². The van der Waals surface area contributed by atoms with Crippen molar-refractivity contribution in [3.8, 4) is 11.5 Å². The summed E-state index contributed by atoms with van der Waals surface area (Å²) in [4.78, 5) is 30.2. The molecule has 0 bridgehead atoms. The number of nitrogen functional groups attached to an aromatic ring is 1. The zero-order valence-corrected chi connectivity index (χ0v) is 29.0. The summed E-state index contributed by atoms with van der Waals surface area (Å²) in [6.45, 7) is 7.49. The molecule has 0 radical (unpaired) electrons. The van der Waals surface area contributed by atoms with Crippen LogP contribution in [0.1, 0.15) is 104 Å². The number of methoxy groups -OCH3 is 1. The molecular weight excluding hydrogens is 586 g/mol. The average molecular weight is 640 g/mol. The number of aromatic nitrogens is 1. The first-order chi connectivity index (χ1) is 22.5. The number of carbonyl (C=O) groups is 2. The quantitative estimate of drug-likeness (QED) is 0.102. The normalized spacial score (nSPS) is 14.8. The van der Waals surface area contributed by atoms with Gasteiger partial charge in [0.15, 0.2) is 17.3 Å². The van der Waals surface area contributed by atoms with Crippen LogP contribution in [0.4, 0.5) is 5.82 Å². The third-order valence-electron chi connectivity index (χ3n) is 9.55. The first-order valence-corrected chi connectivity index (χ1v) is 17.1. The number of anilines is 1. The second kappa shape index (κ2) is 16.7. The van der Waals surface area contributed by atoms with Gasteiger partial charge in [-0.15, -0.1) is 0 Å². The highest BCUT2D eigenvalue weighted by Crippen LogP contribution is 2.47. The zero-order valence-electron chi connectivity index (χ0n) is 29.0. The van der Waals surface area contributed by atoms with Gasteiger partial charge in [-0.1, -0.05) is 55.2 Å². The third-order valence-corrected chi connectivity index (χ3v) is 9.55. The first-order valence-electron chi connectivity index (χ1n) is 17.1. The maximum atomic E-state index is 12.9. The molecule has 1 fully saturated rings. The van der Waals surface area contributed by atoms with Crippen molar-refractivity contribution >= 4 is 23.5 Å². The van der Waals surface area contributed by atoms with Crippen LogP contribution in [0.2, 0.25) is 0 Å². The van der Waals surface area contributed by atoms with E-state index in [0.29, 0.717) is 42.2 Å². The summed E-state index contributed by atoms with van der Waals surface area (Å²) in [5.74, 6) is 1.20. The molecule has 1 heterocycles. The molecule has 0 aliphatic heterocycles. The van der Waals surface area contributed by atoms with E-state index in [4.69, 9.17) is 10.5 Å². The molecule has 1 saturated carbocycles. The number of ketones is 2. The number of aromatic hydroxyl groups is 1. The second-order valence-electron chi connectivity index (χ2n) is 13.9. The Morgan fingerprint density at radius 1 is 1.04 bits per heavy atom. The lowest BCUT2D eigenvalue weighted by molar-refractivity contribution is -0.124. The van der Waals surface area contributed by atoms with Gasteiger partial charge in [0.1, 0.15) is 11.6 Å². The van der Waals surface area contributed by atoms with Crippen LogP contribution in [-0.4, -0.2) is 42.4 Å². The molecule has 4 rings (SSSR count). The number of nitrogens with one attached hydrogen (secondary N) is 1. The smallest absolute Gasteiger partial charge is 0.163 e. The van der Waals surface area contributed by atoms with E-state index in [2.05, 4.69) is 55.3 Å². The summed E-state index contributed by atoms with van der Waals surface area (Å²) in [7, 11) is 3.49. The zero-order chi connectivity index (χ0) is 34.0. The predicted molar refractivity (Wildman–Crippen MR) is 191 cm³/mol. The Bertz CT molecular complexity index is 1550. The van der Waals surface area contributed by atoms with Gasteiger partial charge in [-0.05, 0) is 129 Å². The lowest BCUT2D eigenvalue weighted by atomic mass is 9.74. The number of nitrogens with two attached hydrogens (primary N) is 1. The Balaban J connectivity index is 1.41. The topological polar surface area (TPSA) is 115 Å². The van der Waals surface area contributed by atoms with Crippen molar-refractivity contribution in [3.05, 3.63) is 87.6 Å². The lowest BCUT2D eigenvalue weighted by Crippen LogP contribution is -2.25. The Labute approximate surface area is 281 Å². The number of hydrogen-bond acceptors (Lipinski definition) is 7. The molecule has 0 saturated heterocycles. The minimum absolute atomic E-state index is 0.0103. The molecule has 1 unspecified atom stereocenters. The number of phenolic OH excluding ortho intramolecular Hbond substituents is 1. The molecule has 0 spiro atoms. The third kappa shape index (κ3) is 10.5. The number of hydrogen-bond donors (Lipinski definition) is 3. The summed E-state index contributed by atoms with van der Waals surface area (Å²) in [6, 6.07) is 11.9. The summed E-state index contributed by atoms with van der Waals surface area (Å²) in [5.41, 5.74) is 13.6. The van der Waals surface area contributed by atoms with E-state index < -0.39 is 0 Å². The molecule has 1 atom stereocenters. The number of nitrogens with zero attached hydrogens (tertiary/aromatic N) is 1. The number of benzene rings is 2. The van der Waals surface area contributed by atoms with E-state index in [-0.39, 0.29) is 23.7 Å². The van der Waals surface area contributed by atoms with Crippen molar-refractivity contribution in [2.24, 2.45) is 11.3 Å². The maximum Gasteiger partial charge on any atom is 0.163 e. The van der Waals surface area contributed by atoms with Crippen LogP contribution in [0.3, 0.4) is 0 Å². The van der Waals surface area contributed by atoms with Gasteiger partial charge in [0.2, 0.25) is 0 Å². The monoisotopic (exact) mass is 639 g/mol. The van der Waals surface area contributed by atoms with Crippen molar-refractivity contribution in [1.29, 1.82) is 0 Å². The van der Waals surface area contributed by atoms with Crippen LogP contribution in [0.15, 0.2) is 48.7 Å². The summed E-state index contributed by atoms with van der Waals surface area (Å²) in [6.07, 6.45) is 14.5. The number of allylic oxidation sites excluding steroid dienone is 1. The van der Waals surface area contributed by atoms with E-state index in [9.17, 15) is 14.7 Å². The molecule has 7 nitrogen and oxygen atoms in total. The summed E-state index contributed by atoms with van der Waals surface area (Å²) >= 11 is 0. The number of ether oxygens (including phenoxy) is 1. The molecule has 0 amide bonds. The highest BCUT2D eigenvalue weighted by Gasteiger charge is 2.34. The highest BCUT2D eigenvalue weighted by molar-refractivity contribution is 6.06. The fraction of sp³-hybridized carbons (Fsp3) is 0.475. The largest absolute Gasteiger partial charge is 0.504 e. The van der Waals surface area contributed by atoms with Gasteiger partial charge < -0.3 is 20.9 Å². The molecule has 4 N–H and O–H groups in total. The van der Waals surface area contributed by atoms with Crippen molar-refractivity contribution in [3.63, 3.8) is 0 Å². The molecule has 2 aromatic carbocycles. The van der Waals surface area contributed by atoms with Gasteiger partial charge >= 0.3 is 0 Å². The van der Waals surface area contributed by atoms with E-state index in [1.165, 1.54) is 62.0 Å². The SMILES string of the molecule is CNCC(C)CC1(CCCC(=O)CC(=O)C=Cc2cc(OC)c(O)cc2Cc2cnc(N)c(Cc3cc(C)cc(C)c3)c2)CCCC1. The molecule has 7 heteroatoms. The van der Waals surface area contributed by atoms with E-state index in [0.717, 1.165) is 41.6 Å². The molecule has 252 valence electrons. The fourth-order valence-electron chi connectivity index (χ4n) is 7.54. The van der Waals surface area contributed by atoms with Gasteiger partial charge in [0.25, 0.3) is 0 Å². The van der Waals surface area contributed by atoms with Crippen molar-refractivity contribution in [2.45, 2.75) is 91.4 Å². The van der Waals surface area contributed by atoms with Crippen LogP contribution in [0.25, 0.3) is 6.08 Å². The van der Waals surface area contributed by atoms with Crippen LogP contribution in [0.5, 0.6) is 11.5 Å². The first kappa shape index (κ1) is 35.9. The van der Waals surface area contributed by atoms with Crippen molar-refractivity contribution < 1.29 is 19.4 Å². The second-order valence-corrected chi connectivity index (χ2v) is 13.9. The molecule has 1 aliphatic rings. The molecule has 1 aromatic heterocycles. The van der Waals surface area contributed by atoms with Crippen LogP contribution in [-0.2, 0) is 22.4 Å². The number of phenols is 1. The Hall–Kier alpha value is -3.97. The lowest BCUT2D eigenvalue weighted by Gasteiger charge is -2.32. The van der Waals surface area contributed by atoms with E-state index >= 15 is 0 Å². The Morgan fingerprint density at radius 3 is 2.43 bits per heavy atom. The minimum atomic E-state index is -0.226. The number of Topliss-reactive ketones (excluding diaryl/α,β-unsaturated/α-hetero) is 1. The summed E-state index contributed by atoms with van der Waals surface area (Å²) < 4.78 is 5.36. The number of rotatable bonds is 17. The van der Waals surface area contributed by atoms with Gasteiger partial charge in [-0.2, -0.15) is 0 Å². The minimum Gasteiger partial charge on any atom is -0.504 e. The molecule has 1 aliphatic carbocycles. The molecular formula is C40H53N3O4. The molecule has 47 heavy (non-hydrogen) atoms. The highest BCUT2D eigenvalue weighted by atomic mass is 16.5. The van der Waals surface area contributed by atoms with Crippen molar-refractivity contribution in [1.82, 2.24) is 10.3 Å². The van der Waals surface area contributed by atoms with Gasteiger partial charge in [0.05, 0.1) is 13.5 Å². The number of pyridine rings is 1. The van der Waals surface area contributed by atoms with E-state index in [1.54, 1.807) is 24.4 Å². The maximum absolute atomic E-state index is 12.9. The molecule has 3 aromatic rings. The van der Waals surface area contributed by atoms with Crippen LogP contribution in [0, 0.1) is 25.2 Å². The summed E-state index contributed by atoms with van der Waals surface area (Å²) in [5, 5.41) is 13.9. The van der Waals surface area contributed by atoms with Gasteiger partial charge in [-0.3, -0.25) is 9.59 Å². The van der Waals surface area contributed by atoms with Crippen LogP contribution < -0.4 is 15.8 Å². The van der Waals surface area contributed by atoms with Gasteiger partial charge in [0, 0.05) is 19.0 Å². The van der Waals surface area contributed by atoms with E-state index in [1.807, 2.05) is 7.05 Å². The number of aryl methyl sites for hydroxylation is 2. The number of carbonyl (C=O) groups excluding carboxylic acids is 2. The van der Waals surface area contributed by atoms with Crippen molar-refractivity contribution in [2.75, 3.05) is 26.4 Å². The average Bonchev–Trinajstić information content (AvgIpc) is 3.46. The predicted octanol–water partition coefficient (Wildman–Crippen LogP) is 7.69. The Morgan fingerprint density at radius 2 is 1.74 bits per heavy atom.